The summed E-state index contributed by atoms with van der Waals surface area (Å²) < 4.78 is 5.28. The van der Waals surface area contributed by atoms with E-state index < -0.39 is 28.0 Å². The summed E-state index contributed by atoms with van der Waals surface area (Å²) in [6, 6.07) is 7.74. The van der Waals surface area contributed by atoms with E-state index in [1.54, 1.807) is 20.8 Å². The van der Waals surface area contributed by atoms with Gasteiger partial charge in [0.2, 0.25) is 0 Å². The number of esters is 1. The lowest BCUT2D eigenvalue weighted by Gasteiger charge is -2.21. The van der Waals surface area contributed by atoms with Crippen LogP contribution in [-0.4, -0.2) is 22.0 Å². The van der Waals surface area contributed by atoms with Crippen LogP contribution in [0.3, 0.4) is 0 Å². The molecular weight excluding hydrogens is 294 g/mol. The predicted octanol–water partition coefficient (Wildman–Crippen LogP) is 3.83. The Balaban J connectivity index is 2.25. The van der Waals surface area contributed by atoms with Crippen molar-refractivity contribution >= 4 is 5.97 Å². The molecule has 2 rings (SSSR count). The van der Waals surface area contributed by atoms with Gasteiger partial charge in [0, 0.05) is 11.3 Å². The normalized spacial score (nSPS) is 24.2. The summed E-state index contributed by atoms with van der Waals surface area (Å²) in [5, 5.41) is 11.5. The smallest absolute Gasteiger partial charge is 0.386 e. The molecule has 0 bridgehead atoms. The van der Waals surface area contributed by atoms with Crippen LogP contribution < -0.4 is 0 Å². The standard InChI is InChI=1S/C18H25NO4/c1-16(2,3)13-9-7-12(8-10-13)14-11-18(14,19(21)22)15(20)23-17(4,5)6/h7-10,14H,11H2,1-6H3/t14-,18-/m0/s1. The first-order valence-electron chi connectivity index (χ1n) is 7.86. The first-order valence-corrected chi connectivity index (χ1v) is 7.86. The van der Waals surface area contributed by atoms with Crippen molar-refractivity contribution in [3.8, 4) is 0 Å². The molecule has 0 aromatic heterocycles. The van der Waals surface area contributed by atoms with E-state index >= 15 is 0 Å². The van der Waals surface area contributed by atoms with Crippen molar-refractivity contribution in [3.05, 3.63) is 45.5 Å². The van der Waals surface area contributed by atoms with Crippen LogP contribution in [0.2, 0.25) is 0 Å². The molecule has 0 aliphatic heterocycles. The van der Waals surface area contributed by atoms with E-state index in [0.29, 0.717) is 0 Å². The van der Waals surface area contributed by atoms with E-state index in [4.69, 9.17) is 4.74 Å². The summed E-state index contributed by atoms with van der Waals surface area (Å²) in [6.07, 6.45) is 0.198. The Labute approximate surface area is 137 Å². The summed E-state index contributed by atoms with van der Waals surface area (Å²) in [7, 11) is 0. The van der Waals surface area contributed by atoms with Crippen LogP contribution in [0.25, 0.3) is 0 Å². The molecule has 0 radical (unpaired) electrons. The Morgan fingerprint density at radius 2 is 1.70 bits per heavy atom. The number of rotatable bonds is 3. The molecule has 1 fully saturated rings. The summed E-state index contributed by atoms with van der Waals surface area (Å²) in [5.74, 6) is -1.15. The molecule has 1 aromatic carbocycles. The molecule has 1 aliphatic rings. The van der Waals surface area contributed by atoms with Gasteiger partial charge < -0.3 is 4.74 Å². The number of hydrogen-bond acceptors (Lipinski definition) is 4. The molecule has 1 saturated carbocycles. The Hall–Kier alpha value is -1.91. The molecule has 0 N–H and O–H groups in total. The monoisotopic (exact) mass is 319 g/mol. The number of ether oxygens (including phenoxy) is 1. The lowest BCUT2D eigenvalue weighted by atomic mass is 9.86. The number of nitrogens with zero attached hydrogens (tertiary/aromatic N) is 1. The first-order chi connectivity index (χ1) is 10.4. The van der Waals surface area contributed by atoms with Gasteiger partial charge in [-0.2, -0.15) is 0 Å². The van der Waals surface area contributed by atoms with Crippen LogP contribution in [0.4, 0.5) is 0 Å². The molecule has 5 nitrogen and oxygen atoms in total. The molecule has 0 unspecified atom stereocenters. The minimum atomic E-state index is -1.63. The maximum absolute atomic E-state index is 12.3. The molecule has 5 heteroatoms. The summed E-state index contributed by atoms with van der Waals surface area (Å²) in [5.41, 5.74) is -0.362. The van der Waals surface area contributed by atoms with Crippen LogP contribution in [-0.2, 0) is 14.9 Å². The molecule has 0 heterocycles. The average molecular weight is 319 g/mol. The first kappa shape index (κ1) is 17.4. The van der Waals surface area contributed by atoms with Crippen molar-refractivity contribution in [2.75, 3.05) is 0 Å². The Kier molecular flexibility index (Phi) is 4.04. The van der Waals surface area contributed by atoms with E-state index in [2.05, 4.69) is 20.8 Å². The molecule has 0 saturated heterocycles. The fourth-order valence-corrected chi connectivity index (χ4v) is 2.73. The number of hydrogen-bond donors (Lipinski definition) is 0. The second-order valence-electron chi connectivity index (χ2n) is 8.31. The third-order valence-corrected chi connectivity index (χ3v) is 4.19. The van der Waals surface area contributed by atoms with Crippen molar-refractivity contribution in [2.45, 2.75) is 70.4 Å². The summed E-state index contributed by atoms with van der Waals surface area (Å²) in [4.78, 5) is 23.4. The van der Waals surface area contributed by atoms with Crippen LogP contribution in [0, 0.1) is 10.1 Å². The highest BCUT2D eigenvalue weighted by molar-refractivity contribution is 5.85. The van der Waals surface area contributed by atoms with E-state index in [1.807, 2.05) is 24.3 Å². The fourth-order valence-electron chi connectivity index (χ4n) is 2.73. The maximum atomic E-state index is 12.3. The lowest BCUT2D eigenvalue weighted by Crippen LogP contribution is -2.39. The number of carbonyl (C=O) groups excluding carboxylic acids is 1. The molecule has 126 valence electrons. The van der Waals surface area contributed by atoms with Gasteiger partial charge in [0.25, 0.3) is 0 Å². The van der Waals surface area contributed by atoms with Gasteiger partial charge >= 0.3 is 11.5 Å². The highest BCUT2D eigenvalue weighted by Gasteiger charge is 2.74. The fraction of sp³-hybridized carbons (Fsp3) is 0.611. The molecule has 1 aliphatic carbocycles. The van der Waals surface area contributed by atoms with Crippen molar-refractivity contribution in [1.29, 1.82) is 0 Å². The van der Waals surface area contributed by atoms with E-state index in [0.717, 1.165) is 11.1 Å². The summed E-state index contributed by atoms with van der Waals surface area (Å²) >= 11 is 0. The summed E-state index contributed by atoms with van der Waals surface area (Å²) in [6.45, 7) is 11.5. The zero-order chi connectivity index (χ0) is 17.6. The number of carbonyl (C=O) groups is 1. The van der Waals surface area contributed by atoms with Crippen LogP contribution >= 0.6 is 0 Å². The molecule has 23 heavy (non-hydrogen) atoms. The third kappa shape index (κ3) is 3.38. The van der Waals surface area contributed by atoms with E-state index in [-0.39, 0.29) is 11.8 Å². The van der Waals surface area contributed by atoms with Gasteiger partial charge in [-0.1, -0.05) is 45.0 Å². The van der Waals surface area contributed by atoms with Crippen LogP contribution in [0.5, 0.6) is 0 Å². The zero-order valence-electron chi connectivity index (χ0n) is 14.7. The predicted molar refractivity (Wildman–Crippen MR) is 88.1 cm³/mol. The molecule has 0 amide bonds. The van der Waals surface area contributed by atoms with Crippen molar-refractivity contribution in [2.24, 2.45) is 0 Å². The number of nitro groups is 1. The van der Waals surface area contributed by atoms with Gasteiger partial charge in [-0.25, -0.2) is 4.79 Å². The quantitative estimate of drug-likeness (QED) is 0.482. The third-order valence-electron chi connectivity index (χ3n) is 4.19. The van der Waals surface area contributed by atoms with Crippen molar-refractivity contribution in [3.63, 3.8) is 0 Å². The zero-order valence-corrected chi connectivity index (χ0v) is 14.7. The van der Waals surface area contributed by atoms with Gasteiger partial charge in [-0.3, -0.25) is 10.1 Å². The van der Waals surface area contributed by atoms with Crippen molar-refractivity contribution < 1.29 is 14.5 Å². The minimum Gasteiger partial charge on any atom is -0.455 e. The highest BCUT2D eigenvalue weighted by Crippen LogP contribution is 2.55. The van der Waals surface area contributed by atoms with Crippen LogP contribution in [0.1, 0.15) is 65.0 Å². The molecule has 1 aromatic rings. The molecular formula is C18H25NO4. The average Bonchev–Trinajstić information content (AvgIpc) is 3.12. The molecule has 2 atom stereocenters. The largest absolute Gasteiger partial charge is 0.455 e. The second kappa shape index (κ2) is 5.32. The Morgan fingerprint density at radius 1 is 1.17 bits per heavy atom. The topological polar surface area (TPSA) is 69.4 Å². The minimum absolute atomic E-state index is 0.0213. The van der Waals surface area contributed by atoms with Gasteiger partial charge in [0.05, 0.1) is 5.92 Å². The molecule has 0 spiro atoms. The lowest BCUT2D eigenvalue weighted by molar-refractivity contribution is -0.527. The Morgan fingerprint density at radius 3 is 2.09 bits per heavy atom. The maximum Gasteiger partial charge on any atom is 0.386 e. The van der Waals surface area contributed by atoms with E-state index in [1.165, 1.54) is 0 Å². The van der Waals surface area contributed by atoms with Crippen LogP contribution in [0.15, 0.2) is 24.3 Å². The van der Waals surface area contributed by atoms with Gasteiger partial charge in [-0.15, -0.1) is 0 Å². The number of benzene rings is 1. The van der Waals surface area contributed by atoms with Gasteiger partial charge in [-0.05, 0) is 37.3 Å². The second-order valence-corrected chi connectivity index (χ2v) is 8.31. The van der Waals surface area contributed by atoms with E-state index in [9.17, 15) is 14.9 Å². The highest BCUT2D eigenvalue weighted by atomic mass is 16.6. The van der Waals surface area contributed by atoms with Gasteiger partial charge in [0.15, 0.2) is 0 Å². The Bertz CT molecular complexity index is 622. The van der Waals surface area contributed by atoms with Crippen molar-refractivity contribution in [1.82, 2.24) is 0 Å². The SMILES string of the molecule is CC(C)(C)OC(=O)[C@]1([N+](=O)[O-])C[C@H]1c1ccc(C(C)(C)C)cc1. The van der Waals surface area contributed by atoms with Gasteiger partial charge in [0.1, 0.15) is 5.60 Å².